The van der Waals surface area contributed by atoms with Crippen LogP contribution < -0.4 is 16.0 Å². The molecule has 3 aromatic carbocycles. The maximum absolute atomic E-state index is 13.6. The van der Waals surface area contributed by atoms with Crippen LogP contribution in [0.2, 0.25) is 0 Å². The Balaban J connectivity index is 1.55. The van der Waals surface area contributed by atoms with Gasteiger partial charge in [-0.15, -0.1) is 0 Å². The molecular weight excluding hydrogens is 614 g/mol. The van der Waals surface area contributed by atoms with E-state index in [2.05, 4.69) is 20.9 Å². The summed E-state index contributed by atoms with van der Waals surface area (Å²) >= 11 is 0. The Morgan fingerprint density at radius 2 is 1.58 bits per heavy atom. The molecule has 4 rings (SSSR count). The van der Waals surface area contributed by atoms with E-state index in [0.717, 1.165) is 16.3 Å². The van der Waals surface area contributed by atoms with Gasteiger partial charge in [-0.25, -0.2) is 14.6 Å². The first-order valence-corrected chi connectivity index (χ1v) is 15.7. The maximum atomic E-state index is 13.6. The monoisotopic (exact) mass is 657 g/mol. The van der Waals surface area contributed by atoms with Gasteiger partial charge in [0.05, 0.1) is 26.1 Å². The number of nitrogens with zero attached hydrogens (tertiary/aromatic N) is 2. The van der Waals surface area contributed by atoms with Gasteiger partial charge in [-0.1, -0.05) is 72.8 Å². The molecule has 0 radical (unpaired) electrons. The fourth-order valence-corrected chi connectivity index (χ4v) is 4.88. The Morgan fingerprint density at radius 3 is 2.29 bits per heavy atom. The minimum absolute atomic E-state index is 0.142. The van der Waals surface area contributed by atoms with Gasteiger partial charge in [0.2, 0.25) is 5.91 Å². The molecule has 48 heavy (non-hydrogen) atoms. The number of amides is 3. The van der Waals surface area contributed by atoms with Crippen LogP contribution in [0.5, 0.6) is 0 Å². The van der Waals surface area contributed by atoms with Crippen molar-refractivity contribution in [3.63, 3.8) is 0 Å². The fraction of sp³-hybridized carbons (Fsp3) is 0.361. The average Bonchev–Trinajstić information content (AvgIpc) is 3.47. The molecule has 12 heteroatoms. The molecule has 0 aliphatic rings. The molecule has 1 heterocycles. The van der Waals surface area contributed by atoms with Crippen LogP contribution in [0.3, 0.4) is 0 Å². The van der Waals surface area contributed by atoms with Crippen molar-refractivity contribution in [1.82, 2.24) is 20.2 Å². The van der Waals surface area contributed by atoms with Crippen molar-refractivity contribution < 1.29 is 33.4 Å². The van der Waals surface area contributed by atoms with Crippen molar-refractivity contribution >= 4 is 40.5 Å². The van der Waals surface area contributed by atoms with Crippen LogP contribution in [0.25, 0.3) is 10.8 Å². The highest BCUT2D eigenvalue weighted by molar-refractivity contribution is 5.99. The first-order chi connectivity index (χ1) is 22.8. The number of aromatic nitrogens is 2. The molecule has 3 N–H and O–H groups in total. The van der Waals surface area contributed by atoms with Crippen molar-refractivity contribution in [1.29, 1.82) is 0 Å². The number of carbonyl (C=O) groups is 4. The molecular formula is C36H43N5O7. The Hall–Kier alpha value is -5.23. The molecule has 0 aliphatic heterocycles. The van der Waals surface area contributed by atoms with Crippen LogP contribution in [0, 0.1) is 0 Å². The van der Waals surface area contributed by atoms with Crippen LogP contribution in [0.15, 0.2) is 85.3 Å². The van der Waals surface area contributed by atoms with Crippen LogP contribution >= 0.6 is 0 Å². The summed E-state index contributed by atoms with van der Waals surface area (Å²) in [6.45, 7) is 10.1. The predicted molar refractivity (Wildman–Crippen MR) is 181 cm³/mol. The average molecular weight is 658 g/mol. The number of hydrogen-bond acceptors (Lipinski definition) is 8. The topological polar surface area (TPSA) is 150 Å². The predicted octanol–water partition coefficient (Wildman–Crippen LogP) is 5.13. The van der Waals surface area contributed by atoms with E-state index < -0.39 is 47.1 Å². The van der Waals surface area contributed by atoms with Crippen LogP contribution in [0.1, 0.15) is 58.7 Å². The van der Waals surface area contributed by atoms with E-state index in [-0.39, 0.29) is 25.6 Å². The minimum Gasteiger partial charge on any atom is -0.464 e. The first kappa shape index (κ1) is 35.6. The van der Waals surface area contributed by atoms with Gasteiger partial charge in [-0.05, 0) is 63.4 Å². The van der Waals surface area contributed by atoms with Gasteiger partial charge in [-0.2, -0.15) is 0 Å². The van der Waals surface area contributed by atoms with Crippen molar-refractivity contribution in [2.75, 3.05) is 18.5 Å². The number of ether oxygens (including phenoxy) is 3. The zero-order chi connectivity index (χ0) is 34.9. The number of fused-ring (bicyclic) bond motifs is 1. The minimum atomic E-state index is -1.44. The Bertz CT molecular complexity index is 1720. The number of imidazole rings is 1. The van der Waals surface area contributed by atoms with E-state index in [0.29, 0.717) is 5.56 Å². The molecule has 0 bridgehead atoms. The lowest BCUT2D eigenvalue weighted by Gasteiger charge is -2.29. The number of hydrogen-bond donors (Lipinski definition) is 3. The largest absolute Gasteiger partial charge is 0.464 e. The highest BCUT2D eigenvalue weighted by Crippen LogP contribution is 2.29. The molecule has 3 amide bonds. The molecule has 0 saturated carbocycles. The third kappa shape index (κ3) is 9.64. The lowest BCUT2D eigenvalue weighted by Crippen LogP contribution is -2.59. The summed E-state index contributed by atoms with van der Waals surface area (Å²) in [6.07, 6.45) is 2.18. The third-order valence-corrected chi connectivity index (χ3v) is 7.18. The SMILES string of the molecule is CCOC(=O)C(c1cccc2ccccc12)n1cnc(NC(=O)[C@@H](COCc2ccccc2)NC(=O)C(C)(C)NC(=O)OC(C)(C)C)c1. The number of benzene rings is 3. The van der Waals surface area contributed by atoms with Crippen LogP contribution in [0.4, 0.5) is 10.6 Å². The van der Waals surface area contributed by atoms with Gasteiger partial charge < -0.3 is 34.7 Å². The summed E-state index contributed by atoms with van der Waals surface area (Å²) < 4.78 is 18.1. The van der Waals surface area contributed by atoms with E-state index in [4.69, 9.17) is 14.2 Å². The Kier molecular flexibility index (Phi) is 11.6. The quantitative estimate of drug-likeness (QED) is 0.168. The van der Waals surface area contributed by atoms with E-state index in [1.54, 1.807) is 32.3 Å². The van der Waals surface area contributed by atoms with Crippen molar-refractivity contribution in [3.8, 4) is 0 Å². The van der Waals surface area contributed by atoms with E-state index >= 15 is 0 Å². The highest BCUT2D eigenvalue weighted by Gasteiger charge is 2.35. The molecule has 1 aromatic heterocycles. The molecule has 4 aromatic rings. The summed E-state index contributed by atoms with van der Waals surface area (Å²) in [4.78, 5) is 57.0. The zero-order valence-electron chi connectivity index (χ0n) is 28.1. The Labute approximate surface area is 280 Å². The van der Waals surface area contributed by atoms with E-state index in [1.807, 2.05) is 72.8 Å². The smallest absolute Gasteiger partial charge is 0.408 e. The number of anilines is 1. The van der Waals surface area contributed by atoms with Crippen molar-refractivity contribution in [3.05, 3.63) is 96.4 Å². The zero-order valence-corrected chi connectivity index (χ0v) is 28.1. The molecule has 1 unspecified atom stereocenters. The second-order valence-corrected chi connectivity index (χ2v) is 12.7. The fourth-order valence-electron chi connectivity index (χ4n) is 4.88. The molecule has 0 spiro atoms. The second kappa shape index (κ2) is 15.6. The summed E-state index contributed by atoms with van der Waals surface area (Å²) in [5.74, 6) is -1.60. The Morgan fingerprint density at radius 1 is 0.896 bits per heavy atom. The van der Waals surface area contributed by atoms with Crippen LogP contribution in [-0.4, -0.2) is 63.8 Å². The molecule has 2 atom stereocenters. The lowest BCUT2D eigenvalue weighted by atomic mass is 9.98. The number of esters is 1. The lowest BCUT2D eigenvalue weighted by molar-refractivity contribution is -0.145. The number of alkyl carbamates (subject to hydrolysis) is 1. The van der Waals surface area contributed by atoms with Gasteiger partial charge in [-0.3, -0.25) is 9.59 Å². The number of carbonyl (C=O) groups excluding carboxylic acids is 4. The van der Waals surface area contributed by atoms with Crippen molar-refractivity contribution in [2.45, 2.75) is 71.4 Å². The van der Waals surface area contributed by atoms with E-state index in [9.17, 15) is 19.2 Å². The number of nitrogens with one attached hydrogen (secondary N) is 3. The summed E-state index contributed by atoms with van der Waals surface area (Å²) in [6, 6.07) is 20.7. The summed E-state index contributed by atoms with van der Waals surface area (Å²) in [5, 5.41) is 9.79. The maximum Gasteiger partial charge on any atom is 0.408 e. The van der Waals surface area contributed by atoms with Crippen LogP contribution in [-0.2, 0) is 35.2 Å². The van der Waals surface area contributed by atoms with Gasteiger partial charge in [0.1, 0.15) is 17.2 Å². The summed E-state index contributed by atoms with van der Waals surface area (Å²) in [5.41, 5.74) is -0.617. The number of rotatable bonds is 13. The van der Waals surface area contributed by atoms with Gasteiger partial charge in [0.15, 0.2) is 11.9 Å². The molecule has 0 fully saturated rings. The third-order valence-electron chi connectivity index (χ3n) is 7.18. The highest BCUT2D eigenvalue weighted by atomic mass is 16.6. The first-order valence-electron chi connectivity index (χ1n) is 15.7. The normalized spacial score (nSPS) is 12.9. The molecule has 0 aliphatic carbocycles. The van der Waals surface area contributed by atoms with Gasteiger partial charge >= 0.3 is 12.1 Å². The second-order valence-electron chi connectivity index (χ2n) is 12.7. The van der Waals surface area contributed by atoms with E-state index in [1.165, 1.54) is 26.4 Å². The van der Waals surface area contributed by atoms with Gasteiger partial charge in [0, 0.05) is 6.20 Å². The molecule has 0 saturated heterocycles. The molecule has 254 valence electrons. The molecule has 12 nitrogen and oxygen atoms in total. The summed E-state index contributed by atoms with van der Waals surface area (Å²) in [7, 11) is 0. The van der Waals surface area contributed by atoms with Gasteiger partial charge in [0.25, 0.3) is 5.91 Å². The standard InChI is InChI=1S/C36H43N5O7/c1-7-47-32(43)30(27-19-13-17-25-16-11-12-18-26(25)27)41-20-29(37-23-41)39-31(42)28(22-46-21-24-14-9-8-10-15-24)38-33(44)36(5,6)40-34(45)48-35(2,3)4/h8-20,23,28,30H,7,21-22H2,1-6H3,(H,38,44)(H,39,42)(H,40,45)/t28-,30?/m1/s1. The van der Waals surface area contributed by atoms with Crippen molar-refractivity contribution in [2.24, 2.45) is 0 Å².